The summed E-state index contributed by atoms with van der Waals surface area (Å²) in [6, 6.07) is 10.1. The third kappa shape index (κ3) is 1.88. The van der Waals surface area contributed by atoms with E-state index in [9.17, 15) is 0 Å². The standard InChI is InChI=1S/C13H12ClN/c1-9-8-15-13(10(2)12(9)14)11-6-4-3-5-7-11/h3-8H,1-2H3. The van der Waals surface area contributed by atoms with E-state index >= 15 is 0 Å². The second kappa shape index (κ2) is 4.03. The average molecular weight is 218 g/mol. The first-order chi connectivity index (χ1) is 7.20. The van der Waals surface area contributed by atoms with Gasteiger partial charge in [0.2, 0.25) is 0 Å². The van der Waals surface area contributed by atoms with Crippen molar-refractivity contribution in [1.29, 1.82) is 0 Å². The van der Waals surface area contributed by atoms with Gasteiger partial charge in [0, 0.05) is 11.8 Å². The Morgan fingerprint density at radius 3 is 2.40 bits per heavy atom. The quantitative estimate of drug-likeness (QED) is 0.703. The first-order valence-corrected chi connectivity index (χ1v) is 5.25. The van der Waals surface area contributed by atoms with Crippen molar-refractivity contribution < 1.29 is 0 Å². The number of halogens is 1. The van der Waals surface area contributed by atoms with Crippen LogP contribution in [0.25, 0.3) is 11.3 Å². The van der Waals surface area contributed by atoms with Crippen LogP contribution in [0.5, 0.6) is 0 Å². The van der Waals surface area contributed by atoms with Crippen LogP contribution in [0.4, 0.5) is 0 Å². The summed E-state index contributed by atoms with van der Waals surface area (Å²) in [5, 5.41) is 0.809. The highest BCUT2D eigenvalue weighted by atomic mass is 35.5. The van der Waals surface area contributed by atoms with Crippen LogP contribution in [0.1, 0.15) is 11.1 Å². The highest BCUT2D eigenvalue weighted by Crippen LogP contribution is 2.28. The van der Waals surface area contributed by atoms with Crippen molar-refractivity contribution in [2.24, 2.45) is 0 Å². The van der Waals surface area contributed by atoms with E-state index in [1.165, 1.54) is 0 Å². The van der Waals surface area contributed by atoms with Crippen molar-refractivity contribution in [2.75, 3.05) is 0 Å². The Balaban J connectivity index is 2.60. The molecule has 1 heterocycles. The smallest absolute Gasteiger partial charge is 0.0746 e. The molecule has 0 unspecified atom stereocenters. The molecule has 76 valence electrons. The summed E-state index contributed by atoms with van der Waals surface area (Å²) in [5.41, 5.74) is 4.14. The lowest BCUT2D eigenvalue weighted by atomic mass is 10.1. The summed E-state index contributed by atoms with van der Waals surface area (Å²) in [6.07, 6.45) is 1.82. The number of benzene rings is 1. The molecule has 0 radical (unpaired) electrons. The van der Waals surface area contributed by atoms with Gasteiger partial charge in [-0.1, -0.05) is 41.9 Å². The van der Waals surface area contributed by atoms with Crippen LogP contribution in [0.2, 0.25) is 5.02 Å². The van der Waals surface area contributed by atoms with Gasteiger partial charge in [0.15, 0.2) is 0 Å². The molecule has 1 nitrogen and oxygen atoms in total. The highest BCUT2D eigenvalue weighted by Gasteiger charge is 2.07. The van der Waals surface area contributed by atoms with E-state index < -0.39 is 0 Å². The van der Waals surface area contributed by atoms with Crippen molar-refractivity contribution in [3.8, 4) is 11.3 Å². The molecule has 0 aliphatic rings. The number of aryl methyl sites for hydroxylation is 1. The number of aromatic nitrogens is 1. The normalized spacial score (nSPS) is 10.3. The predicted octanol–water partition coefficient (Wildman–Crippen LogP) is 4.02. The summed E-state index contributed by atoms with van der Waals surface area (Å²) >= 11 is 6.19. The number of pyridine rings is 1. The van der Waals surface area contributed by atoms with E-state index in [1.54, 1.807) is 0 Å². The van der Waals surface area contributed by atoms with Crippen molar-refractivity contribution >= 4 is 11.6 Å². The van der Waals surface area contributed by atoms with Gasteiger partial charge in [0.1, 0.15) is 0 Å². The fraction of sp³-hybridized carbons (Fsp3) is 0.154. The van der Waals surface area contributed by atoms with Gasteiger partial charge in [-0.15, -0.1) is 0 Å². The number of hydrogen-bond donors (Lipinski definition) is 0. The molecule has 15 heavy (non-hydrogen) atoms. The third-order valence-corrected chi connectivity index (χ3v) is 3.05. The van der Waals surface area contributed by atoms with E-state index in [4.69, 9.17) is 11.6 Å². The molecule has 2 aromatic rings. The Morgan fingerprint density at radius 1 is 1.07 bits per heavy atom. The molecule has 0 spiro atoms. The maximum atomic E-state index is 6.19. The molecular weight excluding hydrogens is 206 g/mol. The van der Waals surface area contributed by atoms with Gasteiger partial charge in [-0.2, -0.15) is 0 Å². The molecule has 0 fully saturated rings. The third-order valence-electron chi connectivity index (χ3n) is 2.47. The Kier molecular flexibility index (Phi) is 2.74. The first-order valence-electron chi connectivity index (χ1n) is 4.87. The van der Waals surface area contributed by atoms with Crippen molar-refractivity contribution in [3.63, 3.8) is 0 Å². The van der Waals surface area contributed by atoms with Gasteiger partial charge in [-0.3, -0.25) is 4.98 Å². The van der Waals surface area contributed by atoms with Crippen molar-refractivity contribution in [2.45, 2.75) is 13.8 Å². The summed E-state index contributed by atoms with van der Waals surface area (Å²) in [6.45, 7) is 3.97. The molecule has 1 aromatic carbocycles. The molecule has 1 aromatic heterocycles. The summed E-state index contributed by atoms with van der Waals surface area (Å²) < 4.78 is 0. The fourth-order valence-corrected chi connectivity index (χ4v) is 1.74. The Morgan fingerprint density at radius 2 is 1.73 bits per heavy atom. The first kappa shape index (κ1) is 10.2. The van der Waals surface area contributed by atoms with Gasteiger partial charge < -0.3 is 0 Å². The van der Waals surface area contributed by atoms with Crippen LogP contribution in [-0.2, 0) is 0 Å². The average Bonchev–Trinajstić information content (AvgIpc) is 2.27. The van der Waals surface area contributed by atoms with Crippen LogP contribution >= 0.6 is 11.6 Å². The van der Waals surface area contributed by atoms with Gasteiger partial charge >= 0.3 is 0 Å². The van der Waals surface area contributed by atoms with Crippen LogP contribution in [0.15, 0.2) is 36.5 Å². The van der Waals surface area contributed by atoms with Crippen molar-refractivity contribution in [1.82, 2.24) is 4.98 Å². The van der Waals surface area contributed by atoms with Crippen LogP contribution in [0, 0.1) is 13.8 Å². The molecule has 0 amide bonds. The highest BCUT2D eigenvalue weighted by molar-refractivity contribution is 6.32. The van der Waals surface area contributed by atoms with E-state index in [1.807, 2.05) is 50.4 Å². The largest absolute Gasteiger partial charge is 0.256 e. The molecule has 0 N–H and O–H groups in total. The zero-order valence-corrected chi connectivity index (χ0v) is 9.55. The molecule has 0 bridgehead atoms. The number of rotatable bonds is 1. The Bertz CT molecular complexity index is 477. The minimum absolute atomic E-state index is 0.809. The maximum absolute atomic E-state index is 6.19. The summed E-state index contributed by atoms with van der Waals surface area (Å²) in [5.74, 6) is 0. The Labute approximate surface area is 94.7 Å². The van der Waals surface area contributed by atoms with E-state index in [0.29, 0.717) is 0 Å². The van der Waals surface area contributed by atoms with E-state index in [0.717, 1.165) is 27.4 Å². The topological polar surface area (TPSA) is 12.9 Å². The molecule has 0 atom stereocenters. The molecule has 0 aliphatic carbocycles. The molecule has 2 heteroatoms. The Hall–Kier alpha value is -1.34. The second-order valence-electron chi connectivity index (χ2n) is 3.59. The molecular formula is C13H12ClN. The lowest BCUT2D eigenvalue weighted by Gasteiger charge is -2.08. The van der Waals surface area contributed by atoms with Gasteiger partial charge in [0.05, 0.1) is 10.7 Å². The SMILES string of the molecule is Cc1cnc(-c2ccccc2)c(C)c1Cl. The zero-order valence-electron chi connectivity index (χ0n) is 8.79. The number of hydrogen-bond acceptors (Lipinski definition) is 1. The molecule has 0 aliphatic heterocycles. The lowest BCUT2D eigenvalue weighted by molar-refractivity contribution is 1.22. The number of nitrogens with zero attached hydrogens (tertiary/aromatic N) is 1. The van der Waals surface area contributed by atoms with Crippen molar-refractivity contribution in [3.05, 3.63) is 52.7 Å². The van der Waals surface area contributed by atoms with Crippen LogP contribution in [0.3, 0.4) is 0 Å². The lowest BCUT2D eigenvalue weighted by Crippen LogP contribution is -1.91. The van der Waals surface area contributed by atoms with Crippen LogP contribution in [-0.4, -0.2) is 4.98 Å². The van der Waals surface area contributed by atoms with Gasteiger partial charge in [0.25, 0.3) is 0 Å². The monoisotopic (exact) mass is 217 g/mol. The zero-order chi connectivity index (χ0) is 10.8. The second-order valence-corrected chi connectivity index (χ2v) is 3.97. The summed E-state index contributed by atoms with van der Waals surface area (Å²) in [7, 11) is 0. The molecule has 0 saturated carbocycles. The molecule has 2 rings (SSSR count). The minimum atomic E-state index is 0.809. The van der Waals surface area contributed by atoms with E-state index in [-0.39, 0.29) is 0 Å². The van der Waals surface area contributed by atoms with E-state index in [2.05, 4.69) is 4.98 Å². The maximum Gasteiger partial charge on any atom is 0.0746 e. The molecule has 0 saturated heterocycles. The fourth-order valence-electron chi connectivity index (χ4n) is 1.60. The van der Waals surface area contributed by atoms with Gasteiger partial charge in [-0.05, 0) is 25.0 Å². The predicted molar refractivity (Wildman–Crippen MR) is 64.2 cm³/mol. The van der Waals surface area contributed by atoms with Gasteiger partial charge in [-0.25, -0.2) is 0 Å². The summed E-state index contributed by atoms with van der Waals surface area (Å²) in [4.78, 5) is 4.42. The van der Waals surface area contributed by atoms with Crippen LogP contribution < -0.4 is 0 Å². The minimum Gasteiger partial charge on any atom is -0.256 e.